The van der Waals surface area contributed by atoms with E-state index in [9.17, 15) is 0 Å². The van der Waals surface area contributed by atoms with E-state index in [-0.39, 0.29) is 5.41 Å². The van der Waals surface area contributed by atoms with E-state index in [1.165, 1.54) is 47.7 Å². The highest BCUT2D eigenvalue weighted by Crippen LogP contribution is 2.49. The van der Waals surface area contributed by atoms with Crippen LogP contribution >= 0.6 is 27.3 Å². The third kappa shape index (κ3) is 2.84. The highest BCUT2D eigenvalue weighted by atomic mass is 79.9. The quantitative estimate of drug-likeness (QED) is 0.737. The van der Waals surface area contributed by atoms with Gasteiger partial charge in [-0.3, -0.25) is 0 Å². The molecule has 0 spiro atoms. The molecule has 1 atom stereocenters. The Hall–Kier alpha value is -0.640. The van der Waals surface area contributed by atoms with Gasteiger partial charge in [0, 0.05) is 21.3 Å². The molecule has 1 aliphatic rings. The maximum absolute atomic E-state index is 3.74. The minimum Gasteiger partial charge on any atom is -0.312 e. The molecule has 1 aromatic heterocycles. The summed E-state index contributed by atoms with van der Waals surface area (Å²) >= 11 is 5.52. The van der Waals surface area contributed by atoms with E-state index in [0.717, 1.165) is 0 Å². The van der Waals surface area contributed by atoms with E-state index >= 15 is 0 Å². The molecule has 0 saturated heterocycles. The van der Waals surface area contributed by atoms with Gasteiger partial charge in [0.05, 0.1) is 0 Å². The summed E-state index contributed by atoms with van der Waals surface area (Å²) in [7, 11) is 2.11. The second-order valence-electron chi connectivity index (χ2n) is 5.98. The monoisotopic (exact) mass is 363 g/mol. The highest BCUT2D eigenvalue weighted by molar-refractivity contribution is 9.10. The third-order valence-electron chi connectivity index (χ3n) is 4.89. The molecule has 3 rings (SSSR count). The summed E-state index contributed by atoms with van der Waals surface area (Å²) in [5, 5.41) is 8.12. The van der Waals surface area contributed by atoms with Crippen molar-refractivity contribution in [3.05, 3.63) is 56.7 Å². The zero-order chi connectivity index (χ0) is 14.7. The van der Waals surface area contributed by atoms with Gasteiger partial charge in [-0.25, -0.2) is 0 Å². The summed E-state index contributed by atoms with van der Waals surface area (Å²) in [6.45, 7) is 0. The van der Waals surface area contributed by atoms with Gasteiger partial charge in [-0.2, -0.15) is 11.3 Å². The minimum absolute atomic E-state index is 0.220. The predicted molar refractivity (Wildman–Crippen MR) is 95.0 cm³/mol. The summed E-state index contributed by atoms with van der Waals surface area (Å²) in [6, 6.07) is 11.5. The fourth-order valence-electron chi connectivity index (χ4n) is 3.92. The molecule has 1 fully saturated rings. The lowest BCUT2D eigenvalue weighted by Crippen LogP contribution is -2.42. The zero-order valence-corrected chi connectivity index (χ0v) is 14.8. The lowest BCUT2D eigenvalue weighted by molar-refractivity contribution is 0.221. The van der Waals surface area contributed by atoms with Crippen molar-refractivity contribution in [3.8, 4) is 0 Å². The van der Waals surface area contributed by atoms with Crippen molar-refractivity contribution < 1.29 is 0 Å². The highest BCUT2D eigenvalue weighted by Gasteiger charge is 2.42. The normalized spacial score (nSPS) is 19.3. The van der Waals surface area contributed by atoms with Gasteiger partial charge in [0.15, 0.2) is 0 Å². The van der Waals surface area contributed by atoms with Gasteiger partial charge in [0.1, 0.15) is 0 Å². The second kappa shape index (κ2) is 6.64. The summed E-state index contributed by atoms with van der Waals surface area (Å²) in [5.41, 5.74) is 3.12. The van der Waals surface area contributed by atoms with Crippen LogP contribution < -0.4 is 5.32 Å². The van der Waals surface area contributed by atoms with E-state index in [0.29, 0.717) is 6.04 Å². The maximum Gasteiger partial charge on any atom is 0.0435 e. The lowest BCUT2D eigenvalue weighted by Gasteiger charge is -2.44. The Morgan fingerprint density at radius 1 is 1.10 bits per heavy atom. The lowest BCUT2D eigenvalue weighted by atomic mass is 9.63. The first-order valence-corrected chi connectivity index (χ1v) is 9.46. The average molecular weight is 364 g/mol. The molecule has 1 heterocycles. The Morgan fingerprint density at radius 2 is 1.81 bits per heavy atom. The molecule has 2 aromatic rings. The van der Waals surface area contributed by atoms with Crippen molar-refractivity contribution >= 4 is 27.3 Å². The molecule has 3 heteroatoms. The van der Waals surface area contributed by atoms with Crippen LogP contribution in [0.15, 0.2) is 45.6 Å². The second-order valence-corrected chi connectivity index (χ2v) is 7.58. The van der Waals surface area contributed by atoms with Crippen LogP contribution in [0.4, 0.5) is 0 Å². The van der Waals surface area contributed by atoms with Crippen molar-refractivity contribution in [2.24, 2.45) is 0 Å². The Kier molecular flexibility index (Phi) is 4.82. The fourth-order valence-corrected chi connectivity index (χ4v) is 5.48. The van der Waals surface area contributed by atoms with E-state index in [2.05, 4.69) is 69.4 Å². The maximum atomic E-state index is 3.74. The van der Waals surface area contributed by atoms with E-state index in [1.807, 2.05) is 0 Å². The molecule has 0 amide bonds. The topological polar surface area (TPSA) is 12.0 Å². The smallest absolute Gasteiger partial charge is 0.0435 e. The van der Waals surface area contributed by atoms with Crippen LogP contribution in [-0.4, -0.2) is 7.05 Å². The standard InChI is InChI=1S/C18H22BrNS/c1-20-17(15-12-21-13-16(15)19)18(10-6-3-7-11-18)14-8-4-2-5-9-14/h2,4-5,8-9,12-13,17,20H,3,6-7,10-11H2,1H3. The summed E-state index contributed by atoms with van der Waals surface area (Å²) in [4.78, 5) is 0. The number of rotatable bonds is 4. The Bertz CT molecular complexity index is 572. The molecule has 0 aliphatic heterocycles. The van der Waals surface area contributed by atoms with Crippen LogP contribution in [0.3, 0.4) is 0 Å². The third-order valence-corrected chi connectivity index (χ3v) is 6.64. The van der Waals surface area contributed by atoms with Crippen molar-refractivity contribution in [2.45, 2.75) is 43.6 Å². The molecule has 1 nitrogen and oxygen atoms in total. The SMILES string of the molecule is CNC(c1cscc1Br)C1(c2ccccc2)CCCCC1. The van der Waals surface area contributed by atoms with Crippen molar-refractivity contribution in [3.63, 3.8) is 0 Å². The van der Waals surface area contributed by atoms with Gasteiger partial charge in [-0.1, -0.05) is 49.6 Å². The average Bonchev–Trinajstić information content (AvgIpc) is 2.96. The number of halogens is 1. The fraction of sp³-hybridized carbons (Fsp3) is 0.444. The zero-order valence-electron chi connectivity index (χ0n) is 12.4. The van der Waals surface area contributed by atoms with E-state index in [1.54, 1.807) is 11.3 Å². The van der Waals surface area contributed by atoms with Gasteiger partial charge in [-0.05, 0) is 52.3 Å². The first-order chi connectivity index (χ1) is 10.3. The number of likely N-dealkylation sites (N-methyl/N-ethyl adjacent to an activating group) is 1. The molecule has 0 radical (unpaired) electrons. The van der Waals surface area contributed by atoms with Crippen LogP contribution in [0.5, 0.6) is 0 Å². The molecule has 1 aromatic carbocycles. The van der Waals surface area contributed by atoms with Crippen LogP contribution in [0, 0.1) is 0 Å². The Morgan fingerprint density at radius 3 is 2.38 bits per heavy atom. The van der Waals surface area contributed by atoms with Gasteiger partial charge in [0.2, 0.25) is 0 Å². The number of thiophene rings is 1. The van der Waals surface area contributed by atoms with Gasteiger partial charge in [0.25, 0.3) is 0 Å². The summed E-state index contributed by atoms with van der Waals surface area (Å²) in [5.74, 6) is 0. The van der Waals surface area contributed by atoms with E-state index in [4.69, 9.17) is 0 Å². The number of nitrogens with one attached hydrogen (secondary N) is 1. The summed E-state index contributed by atoms with van der Waals surface area (Å²) in [6.07, 6.45) is 6.56. The predicted octanol–water partition coefficient (Wildman–Crippen LogP) is 5.67. The molecule has 0 bridgehead atoms. The molecule has 1 saturated carbocycles. The van der Waals surface area contributed by atoms with Crippen LogP contribution in [0.25, 0.3) is 0 Å². The van der Waals surface area contributed by atoms with Crippen LogP contribution in [-0.2, 0) is 5.41 Å². The van der Waals surface area contributed by atoms with Crippen molar-refractivity contribution in [1.29, 1.82) is 0 Å². The Labute approximate surface area is 139 Å². The van der Waals surface area contributed by atoms with E-state index < -0.39 is 0 Å². The number of hydrogen-bond donors (Lipinski definition) is 1. The molecular formula is C18H22BrNS. The molecule has 1 aliphatic carbocycles. The molecule has 1 N–H and O–H groups in total. The first kappa shape index (κ1) is 15.3. The first-order valence-electron chi connectivity index (χ1n) is 7.72. The van der Waals surface area contributed by atoms with Gasteiger partial charge < -0.3 is 5.32 Å². The number of hydrogen-bond acceptors (Lipinski definition) is 2. The van der Waals surface area contributed by atoms with Crippen molar-refractivity contribution in [2.75, 3.05) is 7.05 Å². The molecule has 21 heavy (non-hydrogen) atoms. The largest absolute Gasteiger partial charge is 0.312 e. The van der Waals surface area contributed by atoms with Gasteiger partial charge in [-0.15, -0.1) is 0 Å². The van der Waals surface area contributed by atoms with Crippen LogP contribution in [0.2, 0.25) is 0 Å². The molecule has 1 unspecified atom stereocenters. The number of benzene rings is 1. The van der Waals surface area contributed by atoms with Crippen molar-refractivity contribution in [1.82, 2.24) is 5.32 Å². The molecule has 112 valence electrons. The summed E-state index contributed by atoms with van der Waals surface area (Å²) < 4.78 is 1.24. The van der Waals surface area contributed by atoms with Crippen LogP contribution in [0.1, 0.15) is 49.3 Å². The Balaban J connectivity index is 2.08. The van der Waals surface area contributed by atoms with Gasteiger partial charge >= 0.3 is 0 Å². The minimum atomic E-state index is 0.220. The molecular weight excluding hydrogens is 342 g/mol.